The average molecular weight is 321 g/mol. The van der Waals surface area contributed by atoms with Crippen LogP contribution in [0, 0.1) is 0 Å². The first kappa shape index (κ1) is 17.7. The highest BCUT2D eigenvalue weighted by molar-refractivity contribution is 5.89. The zero-order valence-corrected chi connectivity index (χ0v) is 14.2. The number of benzene rings is 1. The van der Waals surface area contributed by atoms with Crippen LogP contribution < -0.4 is 10.6 Å². The van der Waals surface area contributed by atoms with Gasteiger partial charge in [-0.15, -0.1) is 0 Å². The van der Waals surface area contributed by atoms with Crippen LogP contribution in [-0.4, -0.2) is 57.0 Å². The number of anilines is 1. The van der Waals surface area contributed by atoms with E-state index in [1.54, 1.807) is 7.11 Å². The van der Waals surface area contributed by atoms with Crippen LogP contribution in [0.2, 0.25) is 0 Å². The molecular formula is C17H27N3O3. The fourth-order valence-electron chi connectivity index (χ4n) is 2.70. The molecule has 2 amide bonds. The Morgan fingerprint density at radius 3 is 2.52 bits per heavy atom. The van der Waals surface area contributed by atoms with E-state index in [4.69, 9.17) is 9.47 Å². The maximum Gasteiger partial charge on any atom is 0.319 e. The molecule has 1 heterocycles. The number of carbonyl (C=O) groups is 1. The molecule has 0 saturated carbocycles. The van der Waals surface area contributed by atoms with E-state index >= 15 is 0 Å². The third kappa shape index (κ3) is 5.49. The Morgan fingerprint density at radius 2 is 1.91 bits per heavy atom. The summed E-state index contributed by atoms with van der Waals surface area (Å²) < 4.78 is 10.4. The molecule has 2 unspecified atom stereocenters. The van der Waals surface area contributed by atoms with Gasteiger partial charge in [-0.3, -0.25) is 4.90 Å². The number of ether oxygens (including phenoxy) is 2. The van der Waals surface area contributed by atoms with E-state index in [2.05, 4.69) is 34.6 Å². The van der Waals surface area contributed by atoms with Crippen LogP contribution >= 0.6 is 0 Å². The molecule has 128 valence electrons. The van der Waals surface area contributed by atoms with Crippen molar-refractivity contribution in [2.45, 2.75) is 25.9 Å². The first-order chi connectivity index (χ1) is 11.1. The van der Waals surface area contributed by atoms with Crippen LogP contribution in [0.1, 0.15) is 25.5 Å². The second-order valence-corrected chi connectivity index (χ2v) is 5.90. The molecule has 0 radical (unpaired) electrons. The highest BCUT2D eigenvalue weighted by Crippen LogP contribution is 2.22. The molecule has 1 aliphatic heterocycles. The second-order valence-electron chi connectivity index (χ2n) is 5.90. The Morgan fingerprint density at radius 1 is 1.26 bits per heavy atom. The summed E-state index contributed by atoms with van der Waals surface area (Å²) in [5.74, 6) is 0. The number of urea groups is 1. The number of carbonyl (C=O) groups excluding carboxylic acids is 1. The summed E-state index contributed by atoms with van der Waals surface area (Å²) in [5.41, 5.74) is 2.02. The van der Waals surface area contributed by atoms with Crippen molar-refractivity contribution in [3.8, 4) is 0 Å². The minimum absolute atomic E-state index is 0.0272. The molecule has 2 N–H and O–H groups in total. The van der Waals surface area contributed by atoms with Gasteiger partial charge in [0.15, 0.2) is 0 Å². The third-order valence-corrected chi connectivity index (χ3v) is 4.04. The number of hydrogen-bond acceptors (Lipinski definition) is 4. The van der Waals surface area contributed by atoms with Gasteiger partial charge in [-0.1, -0.05) is 12.1 Å². The highest BCUT2D eigenvalue weighted by atomic mass is 16.5. The number of nitrogens with one attached hydrogen (secondary N) is 2. The van der Waals surface area contributed by atoms with Gasteiger partial charge in [-0.25, -0.2) is 4.79 Å². The Balaban J connectivity index is 1.87. The van der Waals surface area contributed by atoms with Crippen LogP contribution in [0.15, 0.2) is 24.3 Å². The molecule has 23 heavy (non-hydrogen) atoms. The van der Waals surface area contributed by atoms with E-state index < -0.39 is 0 Å². The molecule has 2 rings (SSSR count). The van der Waals surface area contributed by atoms with Crippen molar-refractivity contribution in [1.29, 1.82) is 0 Å². The normalized spacial score (nSPS) is 18.2. The van der Waals surface area contributed by atoms with Crippen molar-refractivity contribution >= 4 is 11.7 Å². The maximum atomic E-state index is 11.9. The van der Waals surface area contributed by atoms with Gasteiger partial charge in [0.05, 0.1) is 25.9 Å². The second kappa shape index (κ2) is 8.86. The number of morpholine rings is 1. The van der Waals surface area contributed by atoms with Crippen LogP contribution in [0.4, 0.5) is 10.5 Å². The molecule has 1 fully saturated rings. The number of nitrogens with zero attached hydrogens (tertiary/aromatic N) is 1. The highest BCUT2D eigenvalue weighted by Gasteiger charge is 2.18. The van der Waals surface area contributed by atoms with Crippen molar-refractivity contribution < 1.29 is 14.3 Å². The quantitative estimate of drug-likeness (QED) is 0.843. The van der Waals surface area contributed by atoms with Gasteiger partial charge in [0, 0.05) is 31.9 Å². The fourth-order valence-corrected chi connectivity index (χ4v) is 2.70. The number of hydrogen-bond donors (Lipinski definition) is 2. The minimum Gasteiger partial charge on any atom is -0.383 e. The molecule has 0 bridgehead atoms. The summed E-state index contributed by atoms with van der Waals surface area (Å²) in [4.78, 5) is 14.3. The SMILES string of the molecule is COCC(C)NC(=O)Nc1ccc(C(C)N2CCOCC2)cc1. The zero-order valence-electron chi connectivity index (χ0n) is 14.2. The number of amides is 2. The summed E-state index contributed by atoms with van der Waals surface area (Å²) >= 11 is 0. The van der Waals surface area contributed by atoms with E-state index in [-0.39, 0.29) is 12.1 Å². The van der Waals surface area contributed by atoms with Crippen LogP contribution in [0.3, 0.4) is 0 Å². The molecule has 0 spiro atoms. The first-order valence-corrected chi connectivity index (χ1v) is 8.08. The van der Waals surface area contributed by atoms with E-state index in [0.29, 0.717) is 12.6 Å². The lowest BCUT2D eigenvalue weighted by atomic mass is 10.1. The molecule has 1 aromatic carbocycles. The Labute approximate surface area is 138 Å². The van der Waals surface area contributed by atoms with E-state index in [0.717, 1.165) is 32.0 Å². The van der Waals surface area contributed by atoms with Gasteiger partial charge >= 0.3 is 6.03 Å². The molecule has 0 aliphatic carbocycles. The number of rotatable bonds is 6. The van der Waals surface area contributed by atoms with Gasteiger partial charge in [0.2, 0.25) is 0 Å². The van der Waals surface area contributed by atoms with Gasteiger partial charge in [0.25, 0.3) is 0 Å². The molecular weight excluding hydrogens is 294 g/mol. The lowest BCUT2D eigenvalue weighted by Crippen LogP contribution is -2.38. The van der Waals surface area contributed by atoms with Crippen molar-refractivity contribution in [3.63, 3.8) is 0 Å². The van der Waals surface area contributed by atoms with Crippen molar-refractivity contribution in [2.24, 2.45) is 0 Å². The monoisotopic (exact) mass is 321 g/mol. The van der Waals surface area contributed by atoms with E-state index in [9.17, 15) is 4.79 Å². The summed E-state index contributed by atoms with van der Waals surface area (Å²) in [6.45, 7) is 8.10. The smallest absolute Gasteiger partial charge is 0.319 e. The number of methoxy groups -OCH3 is 1. The van der Waals surface area contributed by atoms with E-state index in [1.165, 1.54) is 5.56 Å². The maximum absolute atomic E-state index is 11.9. The Bertz CT molecular complexity index is 486. The lowest BCUT2D eigenvalue weighted by molar-refractivity contribution is 0.0198. The van der Waals surface area contributed by atoms with E-state index in [1.807, 2.05) is 19.1 Å². The van der Waals surface area contributed by atoms with Gasteiger partial charge < -0.3 is 20.1 Å². The summed E-state index contributed by atoms with van der Waals surface area (Å²) in [7, 11) is 1.62. The van der Waals surface area contributed by atoms with Crippen molar-refractivity contribution in [2.75, 3.05) is 45.3 Å². The molecule has 1 aromatic rings. The van der Waals surface area contributed by atoms with Crippen LogP contribution in [0.25, 0.3) is 0 Å². The summed E-state index contributed by atoms with van der Waals surface area (Å²) in [6.07, 6.45) is 0. The molecule has 6 nitrogen and oxygen atoms in total. The van der Waals surface area contributed by atoms with Gasteiger partial charge in [-0.2, -0.15) is 0 Å². The molecule has 2 atom stereocenters. The largest absolute Gasteiger partial charge is 0.383 e. The van der Waals surface area contributed by atoms with Gasteiger partial charge in [-0.05, 0) is 31.5 Å². The van der Waals surface area contributed by atoms with Crippen molar-refractivity contribution in [1.82, 2.24) is 10.2 Å². The summed E-state index contributed by atoms with van der Waals surface area (Å²) in [6, 6.07) is 8.11. The predicted octanol–water partition coefficient (Wildman–Crippen LogP) is 2.24. The molecule has 1 aliphatic rings. The molecule has 0 aromatic heterocycles. The lowest BCUT2D eigenvalue weighted by Gasteiger charge is -2.32. The Kier molecular flexibility index (Phi) is 6.83. The van der Waals surface area contributed by atoms with Crippen LogP contribution in [-0.2, 0) is 9.47 Å². The topological polar surface area (TPSA) is 62.8 Å². The minimum atomic E-state index is -0.219. The zero-order chi connectivity index (χ0) is 16.7. The molecule has 1 saturated heterocycles. The average Bonchev–Trinajstić information content (AvgIpc) is 2.56. The fraction of sp³-hybridized carbons (Fsp3) is 0.588. The van der Waals surface area contributed by atoms with Gasteiger partial charge in [0.1, 0.15) is 0 Å². The molecule has 6 heteroatoms. The predicted molar refractivity (Wildman–Crippen MR) is 90.7 cm³/mol. The van der Waals surface area contributed by atoms with Crippen molar-refractivity contribution in [3.05, 3.63) is 29.8 Å². The standard InChI is InChI=1S/C17H27N3O3/c1-13(12-22-3)18-17(21)19-16-6-4-15(5-7-16)14(2)20-8-10-23-11-9-20/h4-7,13-14H,8-12H2,1-3H3,(H2,18,19,21). The summed E-state index contributed by atoms with van der Waals surface area (Å²) in [5, 5.41) is 5.66. The first-order valence-electron chi connectivity index (χ1n) is 8.08. The Hall–Kier alpha value is -1.63. The third-order valence-electron chi connectivity index (χ3n) is 4.04. The van der Waals surface area contributed by atoms with Crippen LogP contribution in [0.5, 0.6) is 0 Å².